The molecule has 2 aliphatic rings. The fraction of sp³-hybridized carbons (Fsp3) is 0.385. The maximum absolute atomic E-state index is 14.2. The van der Waals surface area contributed by atoms with Crippen LogP contribution in [-0.2, 0) is 0 Å². The molecule has 1 saturated heterocycles. The number of hydrogen-bond donors (Lipinski definition) is 2. The van der Waals surface area contributed by atoms with Crippen molar-refractivity contribution in [2.45, 2.75) is 50.0 Å². The van der Waals surface area contributed by atoms with E-state index in [1.807, 2.05) is 19.1 Å². The van der Waals surface area contributed by atoms with Crippen LogP contribution in [0, 0.1) is 0 Å². The summed E-state index contributed by atoms with van der Waals surface area (Å²) >= 11 is 0. The monoisotopic (exact) mass is 581 g/mol. The van der Waals surface area contributed by atoms with Crippen molar-refractivity contribution in [3.63, 3.8) is 0 Å². The van der Waals surface area contributed by atoms with Gasteiger partial charge in [-0.1, -0.05) is 18.2 Å². The molecule has 1 saturated carbocycles. The lowest BCUT2D eigenvalue weighted by Crippen LogP contribution is -2.38. The molecular weight excluding hydrogens is 554 g/mol. The third kappa shape index (κ3) is 5.67. The number of halogens is 5. The summed E-state index contributed by atoms with van der Waals surface area (Å²) in [6.45, 7) is 2.46. The van der Waals surface area contributed by atoms with Gasteiger partial charge in [0.25, 0.3) is 5.91 Å². The van der Waals surface area contributed by atoms with Crippen molar-refractivity contribution in [3.8, 4) is 11.5 Å². The zero-order valence-corrected chi connectivity index (χ0v) is 22.6. The van der Waals surface area contributed by atoms with Crippen molar-refractivity contribution < 1.29 is 18.0 Å². The van der Waals surface area contributed by atoms with Crippen LogP contribution < -0.4 is 11.1 Å². The van der Waals surface area contributed by atoms with Gasteiger partial charge in [-0.15, -0.1) is 35.0 Å². The second-order valence-electron chi connectivity index (χ2n) is 10.3. The standard InChI is InChI=1S/C26H26F3N7O.2ClH/c1-25(9-10-25)32-24(37)16-3-2-15-4-6-19(31-20(15)12-16)23-34-33-21-7-5-17(13-36(21)23)22(26(27,28)29)35-11-8-18(30)14-35;;/h2-7,12-13,18,22H,8-11,14,30H2,1H3,(H,32,37);2*1H/t18-,22+;;/m0../s1. The molecule has 1 amide bonds. The number of amides is 1. The van der Waals surface area contributed by atoms with E-state index >= 15 is 0 Å². The highest BCUT2D eigenvalue weighted by atomic mass is 35.5. The summed E-state index contributed by atoms with van der Waals surface area (Å²) in [6.07, 6.45) is -0.611. The van der Waals surface area contributed by atoms with Crippen LogP contribution in [0.5, 0.6) is 0 Å². The van der Waals surface area contributed by atoms with Crippen LogP contribution in [0.3, 0.4) is 0 Å². The molecule has 0 spiro atoms. The van der Waals surface area contributed by atoms with Gasteiger partial charge in [-0.2, -0.15) is 13.2 Å². The molecule has 4 heterocycles. The van der Waals surface area contributed by atoms with Crippen LogP contribution in [0.15, 0.2) is 48.7 Å². The van der Waals surface area contributed by atoms with Gasteiger partial charge in [-0.05, 0) is 56.0 Å². The predicted octanol–water partition coefficient (Wildman–Crippen LogP) is 4.71. The average Bonchev–Trinajstić information content (AvgIpc) is 3.22. The van der Waals surface area contributed by atoms with Gasteiger partial charge in [-0.3, -0.25) is 14.1 Å². The number of nitrogens with two attached hydrogens (primary N) is 1. The number of likely N-dealkylation sites (tertiary alicyclic amines) is 1. The van der Waals surface area contributed by atoms with E-state index in [0.717, 1.165) is 18.2 Å². The number of fused-ring (bicyclic) bond motifs is 2. The second kappa shape index (κ2) is 10.5. The van der Waals surface area contributed by atoms with E-state index in [-0.39, 0.29) is 61.0 Å². The molecule has 0 bridgehead atoms. The summed E-state index contributed by atoms with van der Waals surface area (Å²) in [5, 5.41) is 12.2. The summed E-state index contributed by atoms with van der Waals surface area (Å²) < 4.78 is 44.0. The van der Waals surface area contributed by atoms with Crippen LogP contribution in [0.2, 0.25) is 0 Å². The van der Waals surface area contributed by atoms with Crippen LogP contribution in [0.4, 0.5) is 13.2 Å². The Labute approximate surface area is 235 Å². The Morgan fingerprint density at radius 3 is 2.54 bits per heavy atom. The van der Waals surface area contributed by atoms with Crippen molar-refractivity contribution in [2.75, 3.05) is 13.1 Å². The number of benzene rings is 1. The second-order valence-corrected chi connectivity index (χ2v) is 10.3. The number of carbonyl (C=O) groups is 1. The third-order valence-corrected chi connectivity index (χ3v) is 7.27. The summed E-state index contributed by atoms with van der Waals surface area (Å²) in [5.41, 5.74) is 7.77. The molecule has 2 atom stereocenters. The molecule has 39 heavy (non-hydrogen) atoms. The Morgan fingerprint density at radius 1 is 1.13 bits per heavy atom. The van der Waals surface area contributed by atoms with E-state index in [1.165, 1.54) is 27.6 Å². The first-order valence-corrected chi connectivity index (χ1v) is 12.2. The quantitative estimate of drug-likeness (QED) is 0.354. The Hall–Kier alpha value is -2.99. The highest BCUT2D eigenvalue weighted by molar-refractivity contribution is 5.98. The van der Waals surface area contributed by atoms with E-state index in [1.54, 1.807) is 18.2 Å². The molecule has 4 aromatic rings. The summed E-state index contributed by atoms with van der Waals surface area (Å²) in [6, 6.07) is 9.80. The molecule has 2 fully saturated rings. The van der Waals surface area contributed by atoms with Gasteiger partial charge in [0.2, 0.25) is 0 Å². The van der Waals surface area contributed by atoms with Crippen molar-refractivity contribution in [1.29, 1.82) is 0 Å². The fourth-order valence-corrected chi connectivity index (χ4v) is 4.94. The fourth-order valence-electron chi connectivity index (χ4n) is 4.94. The molecule has 13 heteroatoms. The molecule has 1 aromatic carbocycles. The first-order valence-electron chi connectivity index (χ1n) is 12.2. The number of nitrogens with one attached hydrogen (secondary N) is 1. The Kier molecular flexibility index (Phi) is 7.83. The molecule has 3 aromatic heterocycles. The molecule has 0 radical (unpaired) electrons. The molecule has 3 N–H and O–H groups in total. The Bertz CT molecular complexity index is 1520. The number of aromatic nitrogens is 4. The topological polar surface area (TPSA) is 101 Å². The van der Waals surface area contributed by atoms with Gasteiger partial charge < -0.3 is 11.1 Å². The zero-order valence-electron chi connectivity index (χ0n) is 21.0. The molecule has 208 valence electrons. The number of rotatable bonds is 5. The lowest BCUT2D eigenvalue weighted by molar-refractivity contribution is -0.183. The van der Waals surface area contributed by atoms with Gasteiger partial charge in [-0.25, -0.2) is 4.98 Å². The number of alkyl halides is 3. The van der Waals surface area contributed by atoms with Crippen molar-refractivity contribution >= 4 is 47.3 Å². The smallest absolute Gasteiger partial charge is 0.347 e. The van der Waals surface area contributed by atoms with Crippen LogP contribution in [0.1, 0.15) is 48.1 Å². The molecular formula is C26H28Cl2F3N7O. The molecule has 6 rings (SSSR count). The highest BCUT2D eigenvalue weighted by Gasteiger charge is 2.46. The molecule has 1 aliphatic carbocycles. The normalized spacial score (nSPS) is 19.4. The molecule has 0 unspecified atom stereocenters. The van der Waals surface area contributed by atoms with Gasteiger partial charge in [0.1, 0.15) is 11.7 Å². The summed E-state index contributed by atoms with van der Waals surface area (Å²) in [7, 11) is 0. The Morgan fingerprint density at radius 2 is 1.87 bits per heavy atom. The van der Waals surface area contributed by atoms with Gasteiger partial charge in [0.15, 0.2) is 11.5 Å². The number of nitrogens with zero attached hydrogens (tertiary/aromatic N) is 5. The SMILES string of the molecule is CC1(NC(=O)c2ccc3ccc(-c4nnc5ccc([C@@H](N6CC[C@H](N)C6)C(F)(F)F)cn45)nc3c2)CC1.Cl.Cl. The minimum absolute atomic E-state index is 0. The van der Waals surface area contributed by atoms with Crippen LogP contribution in [-0.4, -0.2) is 61.2 Å². The van der Waals surface area contributed by atoms with E-state index in [4.69, 9.17) is 5.73 Å². The van der Waals surface area contributed by atoms with E-state index in [0.29, 0.717) is 34.7 Å². The van der Waals surface area contributed by atoms with Crippen molar-refractivity contribution in [2.24, 2.45) is 5.73 Å². The minimum atomic E-state index is -4.47. The number of hydrogen-bond acceptors (Lipinski definition) is 6. The summed E-state index contributed by atoms with van der Waals surface area (Å²) in [5.74, 6) is 0.157. The van der Waals surface area contributed by atoms with E-state index < -0.39 is 12.2 Å². The highest BCUT2D eigenvalue weighted by Crippen LogP contribution is 2.39. The van der Waals surface area contributed by atoms with Crippen molar-refractivity contribution in [3.05, 3.63) is 59.8 Å². The first kappa shape index (κ1) is 29.0. The number of pyridine rings is 2. The summed E-state index contributed by atoms with van der Waals surface area (Å²) in [4.78, 5) is 18.7. The van der Waals surface area contributed by atoms with E-state index in [2.05, 4.69) is 20.5 Å². The lowest BCUT2D eigenvalue weighted by Gasteiger charge is -2.30. The largest absolute Gasteiger partial charge is 0.408 e. The predicted molar refractivity (Wildman–Crippen MR) is 146 cm³/mol. The van der Waals surface area contributed by atoms with Crippen molar-refractivity contribution in [1.82, 2.24) is 29.8 Å². The van der Waals surface area contributed by atoms with E-state index in [9.17, 15) is 18.0 Å². The molecule has 8 nitrogen and oxygen atoms in total. The molecule has 1 aliphatic heterocycles. The lowest BCUT2D eigenvalue weighted by atomic mass is 10.1. The van der Waals surface area contributed by atoms with Gasteiger partial charge >= 0.3 is 6.18 Å². The first-order chi connectivity index (χ1) is 17.6. The minimum Gasteiger partial charge on any atom is -0.347 e. The third-order valence-electron chi connectivity index (χ3n) is 7.27. The van der Waals surface area contributed by atoms with Crippen LogP contribution >= 0.6 is 24.8 Å². The maximum Gasteiger partial charge on any atom is 0.408 e. The van der Waals surface area contributed by atoms with Gasteiger partial charge in [0.05, 0.1) is 5.52 Å². The average molecular weight is 582 g/mol. The number of carbonyl (C=O) groups excluding carboxylic acids is 1. The van der Waals surface area contributed by atoms with Crippen LogP contribution in [0.25, 0.3) is 28.1 Å². The van der Waals surface area contributed by atoms with Gasteiger partial charge in [0, 0.05) is 41.8 Å². The maximum atomic E-state index is 14.2. The zero-order chi connectivity index (χ0) is 25.9. The Balaban J connectivity index is 0.00000176.